The molecule has 0 radical (unpaired) electrons. The number of pyridine rings is 1. The van der Waals surface area contributed by atoms with E-state index in [2.05, 4.69) is 42.2 Å². The molecule has 3 nitrogen and oxygen atoms in total. The number of aromatic nitrogens is 1. The molecule has 1 aromatic heterocycles. The lowest BCUT2D eigenvalue weighted by atomic mass is 9.87. The van der Waals surface area contributed by atoms with Gasteiger partial charge in [0.15, 0.2) is 0 Å². The van der Waals surface area contributed by atoms with Crippen LogP contribution >= 0.6 is 11.6 Å². The van der Waals surface area contributed by atoms with Crippen LogP contribution in [-0.4, -0.2) is 24.6 Å². The zero-order chi connectivity index (χ0) is 15.2. The second-order valence-electron chi connectivity index (χ2n) is 6.34. The van der Waals surface area contributed by atoms with Gasteiger partial charge in [0.05, 0.1) is 5.02 Å². The predicted molar refractivity (Wildman–Crippen MR) is 91.1 cm³/mol. The molecular formula is C17H28ClN3. The van der Waals surface area contributed by atoms with Gasteiger partial charge in [-0.25, -0.2) is 4.98 Å². The van der Waals surface area contributed by atoms with Crippen molar-refractivity contribution in [3.8, 4) is 0 Å². The zero-order valence-corrected chi connectivity index (χ0v) is 14.3. The number of nitrogens with one attached hydrogen (secondary N) is 1. The average molecular weight is 310 g/mol. The Morgan fingerprint density at radius 1 is 1.33 bits per heavy atom. The summed E-state index contributed by atoms with van der Waals surface area (Å²) in [6, 6.07) is 2.76. The van der Waals surface area contributed by atoms with E-state index < -0.39 is 0 Å². The van der Waals surface area contributed by atoms with Crippen molar-refractivity contribution in [2.24, 2.45) is 5.92 Å². The molecule has 1 aliphatic rings. The topological polar surface area (TPSA) is 28.2 Å². The highest BCUT2D eigenvalue weighted by Crippen LogP contribution is 2.29. The Bertz CT molecular complexity index is 442. The van der Waals surface area contributed by atoms with Gasteiger partial charge < -0.3 is 10.2 Å². The lowest BCUT2D eigenvalue weighted by Gasteiger charge is -2.34. The van der Waals surface area contributed by atoms with Gasteiger partial charge in [0.1, 0.15) is 5.82 Å². The van der Waals surface area contributed by atoms with Crippen LogP contribution in [0.15, 0.2) is 12.3 Å². The van der Waals surface area contributed by atoms with Gasteiger partial charge in [-0.15, -0.1) is 0 Å². The van der Waals surface area contributed by atoms with E-state index in [0.29, 0.717) is 6.04 Å². The smallest absolute Gasteiger partial charge is 0.128 e. The van der Waals surface area contributed by atoms with Crippen molar-refractivity contribution in [3.05, 3.63) is 22.8 Å². The van der Waals surface area contributed by atoms with Gasteiger partial charge in [0, 0.05) is 25.8 Å². The van der Waals surface area contributed by atoms with Crippen LogP contribution in [0.5, 0.6) is 0 Å². The highest BCUT2D eigenvalue weighted by Gasteiger charge is 2.22. The van der Waals surface area contributed by atoms with Crippen molar-refractivity contribution in [2.75, 3.05) is 18.5 Å². The highest BCUT2D eigenvalue weighted by molar-refractivity contribution is 6.31. The summed E-state index contributed by atoms with van der Waals surface area (Å²) in [5.74, 6) is 1.92. The molecule has 1 heterocycles. The number of rotatable bonds is 6. The van der Waals surface area contributed by atoms with Gasteiger partial charge in [0.2, 0.25) is 0 Å². The van der Waals surface area contributed by atoms with Crippen molar-refractivity contribution >= 4 is 17.4 Å². The lowest BCUT2D eigenvalue weighted by molar-refractivity contribution is 0.340. The van der Waals surface area contributed by atoms with E-state index in [1.165, 1.54) is 25.7 Å². The molecular weight excluding hydrogens is 282 g/mol. The fraction of sp³-hybridized carbons (Fsp3) is 0.706. The minimum absolute atomic E-state index is 0.617. The molecule has 0 atom stereocenters. The number of anilines is 1. The van der Waals surface area contributed by atoms with Gasteiger partial charge in [-0.1, -0.05) is 25.4 Å². The maximum absolute atomic E-state index is 6.26. The normalized spacial score (nSPS) is 22.3. The Morgan fingerprint density at radius 3 is 2.71 bits per heavy atom. The summed E-state index contributed by atoms with van der Waals surface area (Å²) >= 11 is 6.26. The zero-order valence-electron chi connectivity index (χ0n) is 13.5. The van der Waals surface area contributed by atoms with Crippen LogP contribution in [0.1, 0.15) is 51.5 Å². The Labute approximate surface area is 134 Å². The van der Waals surface area contributed by atoms with E-state index in [-0.39, 0.29) is 0 Å². The second kappa shape index (κ2) is 8.00. The lowest BCUT2D eigenvalue weighted by Crippen LogP contribution is -2.35. The van der Waals surface area contributed by atoms with Crippen LogP contribution in [0.25, 0.3) is 0 Å². The monoisotopic (exact) mass is 309 g/mol. The van der Waals surface area contributed by atoms with E-state index in [1.54, 1.807) is 6.20 Å². The summed E-state index contributed by atoms with van der Waals surface area (Å²) in [7, 11) is 2.17. The minimum Gasteiger partial charge on any atom is -0.357 e. The van der Waals surface area contributed by atoms with E-state index in [9.17, 15) is 0 Å². The summed E-state index contributed by atoms with van der Waals surface area (Å²) in [6.45, 7) is 6.36. The van der Waals surface area contributed by atoms with Crippen molar-refractivity contribution in [2.45, 2.75) is 58.5 Å². The molecule has 0 bridgehead atoms. The van der Waals surface area contributed by atoms with Gasteiger partial charge in [-0.2, -0.15) is 0 Å². The summed E-state index contributed by atoms with van der Waals surface area (Å²) < 4.78 is 0. The molecule has 1 aliphatic carbocycles. The number of hydrogen-bond acceptors (Lipinski definition) is 3. The summed E-state index contributed by atoms with van der Waals surface area (Å²) in [4.78, 5) is 6.87. The fourth-order valence-electron chi connectivity index (χ4n) is 3.01. The first kappa shape index (κ1) is 16.6. The van der Waals surface area contributed by atoms with Gasteiger partial charge in [-0.3, -0.25) is 0 Å². The predicted octanol–water partition coefficient (Wildman–Crippen LogP) is 4.25. The van der Waals surface area contributed by atoms with Crippen LogP contribution in [0.2, 0.25) is 5.02 Å². The third-order valence-electron chi connectivity index (χ3n) is 4.56. The SMILES string of the molecule is CCCNCc1cc(N(C)C2CCC(C)CC2)ncc1Cl. The number of hydrogen-bond donors (Lipinski definition) is 1. The Morgan fingerprint density at radius 2 is 2.05 bits per heavy atom. The maximum atomic E-state index is 6.26. The number of halogens is 1. The van der Waals surface area contributed by atoms with Crippen molar-refractivity contribution in [3.63, 3.8) is 0 Å². The van der Waals surface area contributed by atoms with Gasteiger partial charge in [-0.05, 0) is 56.2 Å². The molecule has 1 fully saturated rings. The molecule has 2 rings (SSSR count). The molecule has 21 heavy (non-hydrogen) atoms. The molecule has 0 aromatic carbocycles. The van der Waals surface area contributed by atoms with E-state index in [1.807, 2.05) is 0 Å². The number of nitrogens with zero attached hydrogens (tertiary/aromatic N) is 2. The Hall–Kier alpha value is -0.800. The van der Waals surface area contributed by atoms with E-state index >= 15 is 0 Å². The summed E-state index contributed by atoms with van der Waals surface area (Å²) in [6.07, 6.45) is 8.12. The van der Waals surface area contributed by atoms with Crippen LogP contribution in [0, 0.1) is 5.92 Å². The molecule has 1 aromatic rings. The van der Waals surface area contributed by atoms with Crippen LogP contribution < -0.4 is 10.2 Å². The molecule has 1 saturated carbocycles. The van der Waals surface area contributed by atoms with Crippen LogP contribution in [-0.2, 0) is 6.54 Å². The maximum Gasteiger partial charge on any atom is 0.128 e. The first-order chi connectivity index (χ1) is 10.1. The molecule has 0 aliphatic heterocycles. The molecule has 0 spiro atoms. The first-order valence-corrected chi connectivity index (χ1v) is 8.57. The largest absolute Gasteiger partial charge is 0.357 e. The van der Waals surface area contributed by atoms with E-state index in [0.717, 1.165) is 41.8 Å². The fourth-order valence-corrected chi connectivity index (χ4v) is 3.18. The van der Waals surface area contributed by atoms with Crippen molar-refractivity contribution < 1.29 is 0 Å². The van der Waals surface area contributed by atoms with Gasteiger partial charge in [0.25, 0.3) is 0 Å². The molecule has 1 N–H and O–H groups in total. The average Bonchev–Trinajstić information content (AvgIpc) is 2.49. The van der Waals surface area contributed by atoms with Gasteiger partial charge >= 0.3 is 0 Å². The van der Waals surface area contributed by atoms with Crippen LogP contribution in [0.3, 0.4) is 0 Å². The minimum atomic E-state index is 0.617. The Kier molecular flexibility index (Phi) is 6.31. The summed E-state index contributed by atoms with van der Waals surface area (Å²) in [5, 5.41) is 4.17. The molecule has 0 unspecified atom stereocenters. The molecule has 118 valence electrons. The van der Waals surface area contributed by atoms with E-state index in [4.69, 9.17) is 11.6 Å². The second-order valence-corrected chi connectivity index (χ2v) is 6.74. The highest BCUT2D eigenvalue weighted by atomic mass is 35.5. The third kappa shape index (κ3) is 4.58. The summed E-state index contributed by atoms with van der Waals surface area (Å²) in [5.41, 5.74) is 1.14. The van der Waals surface area contributed by atoms with Crippen LogP contribution in [0.4, 0.5) is 5.82 Å². The molecule has 0 amide bonds. The standard InChI is InChI=1S/C17H28ClN3/c1-4-9-19-11-14-10-17(20-12-16(14)18)21(3)15-7-5-13(2)6-8-15/h10,12-13,15,19H,4-9,11H2,1-3H3. The molecule has 4 heteroatoms. The van der Waals surface area contributed by atoms with Crippen molar-refractivity contribution in [1.82, 2.24) is 10.3 Å². The van der Waals surface area contributed by atoms with Crippen molar-refractivity contribution in [1.29, 1.82) is 0 Å². The molecule has 0 saturated heterocycles. The first-order valence-electron chi connectivity index (χ1n) is 8.19. The quantitative estimate of drug-likeness (QED) is 0.796. The third-order valence-corrected chi connectivity index (χ3v) is 4.90. The Balaban J connectivity index is 2.03.